The highest BCUT2D eigenvalue weighted by Gasteiger charge is 2.13. The van der Waals surface area contributed by atoms with Crippen LogP contribution in [0, 0.1) is 6.92 Å². The molecule has 1 aromatic heterocycles. The second-order valence-corrected chi connectivity index (χ2v) is 5.55. The summed E-state index contributed by atoms with van der Waals surface area (Å²) >= 11 is 0. The number of pyridine rings is 1. The third kappa shape index (κ3) is 3.46. The summed E-state index contributed by atoms with van der Waals surface area (Å²) in [5.74, 6) is -0.844. The number of rotatable bonds is 4. The summed E-state index contributed by atoms with van der Waals surface area (Å²) in [4.78, 5) is 11.0. The number of carboxylic acid groups (broad SMARTS) is 1. The summed E-state index contributed by atoms with van der Waals surface area (Å²) < 4.78 is 1.75. The van der Waals surface area contributed by atoms with E-state index in [2.05, 4.69) is 43.3 Å². The van der Waals surface area contributed by atoms with Crippen LogP contribution in [0.1, 0.15) is 16.7 Å². The molecule has 3 rings (SSSR count). The van der Waals surface area contributed by atoms with Crippen LogP contribution < -0.4 is 4.57 Å². The van der Waals surface area contributed by atoms with Gasteiger partial charge >= 0.3 is 5.97 Å². The minimum absolute atomic E-state index is 0.0392. The van der Waals surface area contributed by atoms with Crippen molar-refractivity contribution in [1.29, 1.82) is 0 Å². The van der Waals surface area contributed by atoms with Crippen molar-refractivity contribution < 1.29 is 14.5 Å². The molecule has 0 radical (unpaired) electrons. The van der Waals surface area contributed by atoms with E-state index in [4.69, 9.17) is 5.11 Å². The number of hydrogen-bond acceptors (Lipinski definition) is 1. The number of aliphatic carboxylic acids is 1. The van der Waals surface area contributed by atoms with E-state index in [0.717, 1.165) is 22.0 Å². The molecule has 1 N–H and O–H groups in total. The lowest BCUT2D eigenvalue weighted by Gasteiger charge is -2.03. The summed E-state index contributed by atoms with van der Waals surface area (Å²) in [7, 11) is 0. The SMILES string of the molecule is Cc1ccc(/C=C/c2cc[n+](CC(=O)O)c3ccccc23)cc1. The van der Waals surface area contributed by atoms with Crippen molar-refractivity contribution in [2.24, 2.45) is 0 Å². The smallest absolute Gasteiger partial charge is 0.370 e. The lowest BCUT2D eigenvalue weighted by Crippen LogP contribution is -2.38. The van der Waals surface area contributed by atoms with Gasteiger partial charge in [0, 0.05) is 12.1 Å². The molecule has 0 aliphatic heterocycles. The van der Waals surface area contributed by atoms with Crippen molar-refractivity contribution in [3.8, 4) is 0 Å². The van der Waals surface area contributed by atoms with Crippen LogP contribution in [0.3, 0.4) is 0 Å². The summed E-state index contributed by atoms with van der Waals surface area (Å²) in [6.07, 6.45) is 5.96. The van der Waals surface area contributed by atoms with Crippen molar-refractivity contribution in [2.75, 3.05) is 0 Å². The molecule has 1 heterocycles. The van der Waals surface area contributed by atoms with Gasteiger partial charge in [0.25, 0.3) is 0 Å². The number of carboxylic acids is 1. The van der Waals surface area contributed by atoms with Gasteiger partial charge in [0.15, 0.2) is 6.20 Å². The maximum Gasteiger partial charge on any atom is 0.370 e. The van der Waals surface area contributed by atoms with Gasteiger partial charge in [-0.1, -0.05) is 54.1 Å². The Balaban J connectivity index is 2.01. The lowest BCUT2D eigenvalue weighted by atomic mass is 10.1. The first kappa shape index (κ1) is 15.0. The van der Waals surface area contributed by atoms with Crippen LogP contribution in [0.25, 0.3) is 23.1 Å². The molecule has 0 amide bonds. The van der Waals surface area contributed by atoms with E-state index in [1.807, 2.05) is 36.5 Å². The van der Waals surface area contributed by atoms with E-state index >= 15 is 0 Å². The number of nitrogens with zero attached hydrogens (tertiary/aromatic N) is 1. The molecule has 0 unspecified atom stereocenters. The quantitative estimate of drug-likeness (QED) is 0.747. The molecular formula is C20H18NO2+. The largest absolute Gasteiger partial charge is 0.477 e. The fraction of sp³-hybridized carbons (Fsp3) is 0.100. The molecule has 0 saturated carbocycles. The molecule has 3 heteroatoms. The van der Waals surface area contributed by atoms with Gasteiger partial charge in [-0.2, -0.15) is 4.57 Å². The number of benzene rings is 2. The average Bonchev–Trinajstić information content (AvgIpc) is 2.55. The Morgan fingerprint density at radius 1 is 1.04 bits per heavy atom. The van der Waals surface area contributed by atoms with E-state index in [9.17, 15) is 4.79 Å². The maximum atomic E-state index is 11.0. The third-order valence-corrected chi connectivity index (χ3v) is 3.80. The van der Waals surface area contributed by atoms with E-state index in [1.54, 1.807) is 4.57 Å². The zero-order valence-electron chi connectivity index (χ0n) is 12.9. The van der Waals surface area contributed by atoms with Crippen LogP contribution in [0.15, 0.2) is 60.8 Å². The molecule has 0 fully saturated rings. The van der Waals surface area contributed by atoms with Crippen LogP contribution in [-0.4, -0.2) is 11.1 Å². The highest BCUT2D eigenvalue weighted by Crippen LogP contribution is 2.18. The zero-order chi connectivity index (χ0) is 16.2. The Hall–Kier alpha value is -2.94. The number of carbonyl (C=O) groups is 1. The Kier molecular flexibility index (Phi) is 4.20. The van der Waals surface area contributed by atoms with Crippen molar-refractivity contribution in [1.82, 2.24) is 0 Å². The Labute approximate surface area is 135 Å². The first-order chi connectivity index (χ1) is 11.1. The topological polar surface area (TPSA) is 41.2 Å². The summed E-state index contributed by atoms with van der Waals surface area (Å²) in [5, 5.41) is 10.1. The Bertz CT molecular complexity index is 880. The van der Waals surface area contributed by atoms with Crippen molar-refractivity contribution in [2.45, 2.75) is 13.5 Å². The van der Waals surface area contributed by atoms with Crippen LogP contribution >= 0.6 is 0 Å². The molecular weight excluding hydrogens is 286 g/mol. The van der Waals surface area contributed by atoms with E-state index in [-0.39, 0.29) is 6.54 Å². The number of hydrogen-bond donors (Lipinski definition) is 1. The third-order valence-electron chi connectivity index (χ3n) is 3.80. The van der Waals surface area contributed by atoms with Crippen molar-refractivity contribution in [3.05, 3.63) is 77.5 Å². The van der Waals surface area contributed by atoms with E-state index < -0.39 is 5.97 Å². The molecule has 0 bridgehead atoms. The molecule has 0 spiro atoms. The fourth-order valence-corrected chi connectivity index (χ4v) is 2.60. The van der Waals surface area contributed by atoms with Gasteiger partial charge < -0.3 is 5.11 Å². The van der Waals surface area contributed by atoms with Gasteiger partial charge in [-0.15, -0.1) is 0 Å². The second-order valence-electron chi connectivity index (χ2n) is 5.55. The Morgan fingerprint density at radius 2 is 1.78 bits per heavy atom. The maximum absolute atomic E-state index is 11.0. The van der Waals surface area contributed by atoms with Crippen LogP contribution in [-0.2, 0) is 11.3 Å². The number of aryl methyl sites for hydroxylation is 1. The second kappa shape index (κ2) is 6.44. The minimum Gasteiger partial charge on any atom is -0.477 e. The molecule has 0 aliphatic rings. The normalized spacial score (nSPS) is 11.2. The van der Waals surface area contributed by atoms with E-state index in [0.29, 0.717) is 0 Å². The first-order valence-electron chi connectivity index (χ1n) is 7.51. The number of fused-ring (bicyclic) bond motifs is 1. The molecule has 114 valence electrons. The predicted molar refractivity (Wildman–Crippen MR) is 91.9 cm³/mol. The van der Waals surface area contributed by atoms with Gasteiger partial charge in [0.1, 0.15) is 0 Å². The Morgan fingerprint density at radius 3 is 2.52 bits per heavy atom. The highest BCUT2D eigenvalue weighted by atomic mass is 16.4. The van der Waals surface area contributed by atoms with Crippen molar-refractivity contribution in [3.63, 3.8) is 0 Å². The number of para-hydroxylation sites is 1. The molecule has 3 aromatic rings. The highest BCUT2D eigenvalue weighted by molar-refractivity contribution is 5.88. The van der Waals surface area contributed by atoms with Crippen molar-refractivity contribution >= 4 is 29.0 Å². The fourth-order valence-electron chi connectivity index (χ4n) is 2.60. The van der Waals surface area contributed by atoms with Crippen LogP contribution in [0.5, 0.6) is 0 Å². The van der Waals surface area contributed by atoms with Gasteiger partial charge in [-0.05, 0) is 24.1 Å². The molecule has 23 heavy (non-hydrogen) atoms. The lowest BCUT2D eigenvalue weighted by molar-refractivity contribution is -0.660. The van der Waals surface area contributed by atoms with Crippen LogP contribution in [0.2, 0.25) is 0 Å². The van der Waals surface area contributed by atoms with Crippen LogP contribution in [0.4, 0.5) is 0 Å². The first-order valence-corrected chi connectivity index (χ1v) is 7.51. The predicted octanol–water partition coefficient (Wildman–Crippen LogP) is 3.69. The monoisotopic (exact) mass is 304 g/mol. The number of aromatic nitrogens is 1. The molecule has 3 nitrogen and oxygen atoms in total. The summed E-state index contributed by atoms with van der Waals surface area (Å²) in [6, 6.07) is 18.2. The van der Waals surface area contributed by atoms with Gasteiger partial charge in [0.05, 0.1) is 5.39 Å². The average molecular weight is 304 g/mol. The van der Waals surface area contributed by atoms with Gasteiger partial charge in [0.2, 0.25) is 12.1 Å². The molecule has 0 atom stereocenters. The molecule has 0 aliphatic carbocycles. The van der Waals surface area contributed by atoms with Gasteiger partial charge in [-0.3, -0.25) is 0 Å². The minimum atomic E-state index is -0.844. The molecule has 0 saturated heterocycles. The summed E-state index contributed by atoms with van der Waals surface area (Å²) in [5.41, 5.74) is 4.37. The molecule has 2 aromatic carbocycles. The standard InChI is InChI=1S/C20H17NO2/c1-15-6-8-16(9-7-15)10-11-17-12-13-21(14-20(22)23)19-5-3-2-4-18(17)19/h2-13H,14H2,1H3/p+1/b11-10+. The summed E-state index contributed by atoms with van der Waals surface area (Å²) in [6.45, 7) is 2.03. The van der Waals surface area contributed by atoms with Gasteiger partial charge in [-0.25, -0.2) is 4.79 Å². The van der Waals surface area contributed by atoms with E-state index in [1.165, 1.54) is 5.56 Å². The zero-order valence-corrected chi connectivity index (χ0v) is 12.9.